The third-order valence-corrected chi connectivity index (χ3v) is 5.17. The Morgan fingerprint density at radius 2 is 2.12 bits per heavy atom. The van der Waals surface area contributed by atoms with Crippen LogP contribution in [-0.4, -0.2) is 59.4 Å². The van der Waals surface area contributed by atoms with E-state index in [1.807, 2.05) is 6.07 Å². The van der Waals surface area contributed by atoms with E-state index in [0.717, 1.165) is 31.5 Å². The number of likely N-dealkylation sites (tertiary alicyclic amines) is 1. The summed E-state index contributed by atoms with van der Waals surface area (Å²) in [6.45, 7) is 1.58. The Hall–Kier alpha value is -1.77. The van der Waals surface area contributed by atoms with Gasteiger partial charge in [-0.3, -0.25) is 4.90 Å². The zero-order valence-corrected chi connectivity index (χ0v) is 13.4. The van der Waals surface area contributed by atoms with Gasteiger partial charge in [-0.1, -0.05) is 6.07 Å². The third-order valence-electron chi connectivity index (χ3n) is 5.17. The maximum atomic E-state index is 11.7. The second kappa shape index (κ2) is 5.95. The topological polar surface area (TPSA) is 105 Å². The molecular weight excluding hydrogens is 311 g/mol. The quantitative estimate of drug-likeness (QED) is 0.684. The van der Waals surface area contributed by atoms with E-state index in [1.165, 1.54) is 0 Å². The van der Waals surface area contributed by atoms with Crippen molar-refractivity contribution in [3.05, 3.63) is 23.3 Å². The van der Waals surface area contributed by atoms with E-state index >= 15 is 0 Å². The normalized spacial score (nSPS) is 26.8. The molecule has 1 saturated carbocycles. The summed E-state index contributed by atoms with van der Waals surface area (Å²) in [5.41, 5.74) is 6.62. The number of hydrogen-bond acceptors (Lipinski definition) is 6. The Balaban J connectivity index is 1.47. The number of carboxylic acids is 1. The van der Waals surface area contributed by atoms with Gasteiger partial charge in [0.15, 0.2) is 0 Å². The van der Waals surface area contributed by atoms with Crippen LogP contribution in [0, 0.1) is 0 Å². The summed E-state index contributed by atoms with van der Waals surface area (Å²) in [6, 6.07) is 4.38. The number of ether oxygens (including phenoxy) is 1. The number of rotatable bonds is 4. The second-order valence-corrected chi connectivity index (χ2v) is 6.92. The van der Waals surface area contributed by atoms with Crippen LogP contribution in [-0.2, 0) is 6.42 Å². The SMILES string of the molecule is NC1CC(N2CC(Oc3ccc4c(c3C(=O)O)OB(O)CC4)C2)C1. The second-order valence-electron chi connectivity index (χ2n) is 6.92. The first-order valence-corrected chi connectivity index (χ1v) is 8.41. The predicted molar refractivity (Wildman–Crippen MR) is 87.5 cm³/mol. The fourth-order valence-corrected chi connectivity index (χ4v) is 3.66. The van der Waals surface area contributed by atoms with Gasteiger partial charge < -0.3 is 25.3 Å². The molecule has 0 atom stereocenters. The van der Waals surface area contributed by atoms with Crippen LogP contribution in [0.25, 0.3) is 0 Å². The molecule has 2 aliphatic heterocycles. The van der Waals surface area contributed by atoms with Crippen molar-refractivity contribution < 1.29 is 24.3 Å². The lowest BCUT2D eigenvalue weighted by molar-refractivity contribution is -0.0361. The van der Waals surface area contributed by atoms with Gasteiger partial charge in [0.05, 0.1) is 0 Å². The summed E-state index contributed by atoms with van der Waals surface area (Å²) in [6.07, 6.45) is 3.09. The summed E-state index contributed by atoms with van der Waals surface area (Å²) in [5.74, 6) is -0.553. The molecule has 8 heteroatoms. The van der Waals surface area contributed by atoms with Crippen LogP contribution in [0.5, 0.6) is 11.5 Å². The fourth-order valence-electron chi connectivity index (χ4n) is 3.66. The number of fused-ring (bicyclic) bond motifs is 1. The molecule has 2 fully saturated rings. The van der Waals surface area contributed by atoms with Crippen LogP contribution in [0.4, 0.5) is 0 Å². The molecule has 0 radical (unpaired) electrons. The Labute approximate surface area is 140 Å². The molecule has 0 bridgehead atoms. The highest BCUT2D eigenvalue weighted by Gasteiger charge is 2.40. The van der Waals surface area contributed by atoms with Crippen LogP contribution in [0.1, 0.15) is 28.8 Å². The molecular formula is C16H21BN2O5. The number of aromatic carboxylic acids is 1. The number of aryl methyl sites for hydroxylation is 1. The van der Waals surface area contributed by atoms with E-state index in [1.54, 1.807) is 6.07 Å². The molecule has 1 aromatic carbocycles. The van der Waals surface area contributed by atoms with Crippen molar-refractivity contribution in [2.75, 3.05) is 13.1 Å². The molecule has 3 aliphatic rings. The maximum Gasteiger partial charge on any atom is 0.522 e. The lowest BCUT2D eigenvalue weighted by Gasteiger charge is -2.49. The molecule has 4 N–H and O–H groups in total. The number of carboxylic acid groups (broad SMARTS) is 1. The minimum atomic E-state index is -1.10. The van der Waals surface area contributed by atoms with Gasteiger partial charge in [0, 0.05) is 25.2 Å². The van der Waals surface area contributed by atoms with Gasteiger partial charge in [-0.2, -0.15) is 0 Å². The van der Waals surface area contributed by atoms with Crippen molar-refractivity contribution in [2.24, 2.45) is 5.73 Å². The first-order valence-electron chi connectivity index (χ1n) is 8.41. The Morgan fingerprint density at radius 1 is 1.38 bits per heavy atom. The Bertz CT molecular complexity index is 658. The van der Waals surface area contributed by atoms with Crippen LogP contribution in [0.15, 0.2) is 12.1 Å². The molecule has 0 unspecified atom stereocenters. The van der Waals surface area contributed by atoms with Crippen LogP contribution >= 0.6 is 0 Å². The van der Waals surface area contributed by atoms with Crippen molar-refractivity contribution in [1.82, 2.24) is 4.90 Å². The summed E-state index contributed by atoms with van der Waals surface area (Å²) < 4.78 is 11.3. The highest BCUT2D eigenvalue weighted by Crippen LogP contribution is 2.38. The van der Waals surface area contributed by atoms with E-state index in [-0.39, 0.29) is 17.4 Å². The Morgan fingerprint density at radius 3 is 2.79 bits per heavy atom. The van der Waals surface area contributed by atoms with Crippen molar-refractivity contribution in [3.8, 4) is 11.5 Å². The van der Waals surface area contributed by atoms with Gasteiger partial charge in [0.1, 0.15) is 23.2 Å². The molecule has 1 saturated heterocycles. The van der Waals surface area contributed by atoms with Crippen molar-refractivity contribution >= 4 is 13.1 Å². The van der Waals surface area contributed by atoms with Crippen LogP contribution in [0.2, 0.25) is 6.32 Å². The fraction of sp³-hybridized carbons (Fsp3) is 0.562. The maximum absolute atomic E-state index is 11.7. The molecule has 7 nitrogen and oxygen atoms in total. The molecule has 0 aromatic heterocycles. The van der Waals surface area contributed by atoms with Gasteiger partial charge in [-0.25, -0.2) is 4.79 Å². The van der Waals surface area contributed by atoms with Gasteiger partial charge in [0.2, 0.25) is 0 Å². The van der Waals surface area contributed by atoms with Crippen LogP contribution < -0.4 is 15.1 Å². The summed E-state index contributed by atoms with van der Waals surface area (Å²) in [4.78, 5) is 14.0. The van der Waals surface area contributed by atoms with Gasteiger partial charge in [-0.15, -0.1) is 0 Å². The number of benzene rings is 1. The molecule has 128 valence electrons. The molecule has 24 heavy (non-hydrogen) atoms. The standard InChI is InChI=1S/C16H21BN2O5/c18-10-5-11(6-10)19-7-12(8-19)23-13-2-1-9-3-4-17(22)24-15(9)14(13)16(20)21/h1-2,10-12,22H,3-8,18H2,(H,20,21). The highest BCUT2D eigenvalue weighted by atomic mass is 16.5. The van der Waals surface area contributed by atoms with E-state index in [9.17, 15) is 14.9 Å². The zero-order valence-electron chi connectivity index (χ0n) is 13.4. The average Bonchev–Trinajstić information content (AvgIpc) is 2.46. The predicted octanol–water partition coefficient (Wildman–Crippen LogP) is 0.353. The van der Waals surface area contributed by atoms with E-state index in [4.69, 9.17) is 15.1 Å². The number of hydrogen-bond donors (Lipinski definition) is 3. The molecule has 0 spiro atoms. The molecule has 2 heterocycles. The van der Waals surface area contributed by atoms with E-state index < -0.39 is 13.1 Å². The molecule has 0 amide bonds. The van der Waals surface area contributed by atoms with Crippen molar-refractivity contribution in [1.29, 1.82) is 0 Å². The summed E-state index contributed by atoms with van der Waals surface area (Å²) >= 11 is 0. The number of carbonyl (C=O) groups is 1. The summed E-state index contributed by atoms with van der Waals surface area (Å²) in [7, 11) is -0.965. The minimum Gasteiger partial charge on any atom is -0.535 e. The molecule has 1 aliphatic carbocycles. The summed E-state index contributed by atoms with van der Waals surface area (Å²) in [5, 5.41) is 19.2. The van der Waals surface area contributed by atoms with E-state index in [0.29, 0.717) is 30.6 Å². The first-order chi connectivity index (χ1) is 11.5. The number of nitrogens with two attached hydrogens (primary N) is 1. The average molecular weight is 332 g/mol. The Kier molecular flexibility index (Phi) is 3.90. The number of nitrogens with zero attached hydrogens (tertiary/aromatic N) is 1. The molecule has 1 aromatic rings. The van der Waals surface area contributed by atoms with Gasteiger partial charge in [0.25, 0.3) is 0 Å². The van der Waals surface area contributed by atoms with Gasteiger partial charge >= 0.3 is 13.1 Å². The molecule has 4 rings (SSSR count). The minimum absolute atomic E-state index is 0.00960. The highest BCUT2D eigenvalue weighted by molar-refractivity contribution is 6.44. The first kappa shape index (κ1) is 15.7. The van der Waals surface area contributed by atoms with E-state index in [2.05, 4.69) is 4.90 Å². The third kappa shape index (κ3) is 2.74. The van der Waals surface area contributed by atoms with Gasteiger partial charge in [-0.05, 0) is 37.2 Å². The zero-order chi connectivity index (χ0) is 16.8. The smallest absolute Gasteiger partial charge is 0.522 e. The van der Waals surface area contributed by atoms with Crippen molar-refractivity contribution in [2.45, 2.75) is 43.8 Å². The monoisotopic (exact) mass is 332 g/mol. The van der Waals surface area contributed by atoms with Crippen LogP contribution in [0.3, 0.4) is 0 Å². The largest absolute Gasteiger partial charge is 0.535 e. The lowest BCUT2D eigenvalue weighted by atomic mass is 9.78. The van der Waals surface area contributed by atoms with Crippen molar-refractivity contribution in [3.63, 3.8) is 0 Å². The lowest BCUT2D eigenvalue weighted by Crippen LogP contribution is -2.62.